The molecule has 31 heavy (non-hydrogen) atoms. The summed E-state index contributed by atoms with van der Waals surface area (Å²) < 4.78 is 0. The number of unbranched alkanes of at least 4 members (excludes halogenated alkanes) is 24. The summed E-state index contributed by atoms with van der Waals surface area (Å²) >= 11 is 0. The Hall–Kier alpha value is -0.790. The molecule has 184 valence electrons. The van der Waals surface area contributed by atoms with Gasteiger partial charge in [0.15, 0.2) is 0 Å². The van der Waals surface area contributed by atoms with E-state index in [1.165, 1.54) is 160 Å². The third kappa shape index (κ3) is 29.2. The highest BCUT2D eigenvalue weighted by Gasteiger charge is 1.96. The zero-order valence-corrected chi connectivity index (χ0v) is 21.3. The van der Waals surface area contributed by atoms with Gasteiger partial charge >= 0.3 is 0 Å². The Kier molecular flexibility index (Phi) is 26.5. The topological polar surface area (TPSA) is 43.1 Å². The Morgan fingerprint density at radius 2 is 0.742 bits per heavy atom. The minimum Gasteiger partial charge on any atom is -0.366 e. The Bertz CT molecular complexity index is 377. The van der Waals surface area contributed by atoms with E-state index in [0.29, 0.717) is 0 Å². The molecule has 0 rings (SSSR count). The number of nitrogens with two attached hydrogens (primary N) is 1. The van der Waals surface area contributed by atoms with Crippen molar-refractivity contribution >= 4 is 5.91 Å². The van der Waals surface area contributed by atoms with Crippen molar-refractivity contribution in [1.29, 1.82) is 0 Å². The van der Waals surface area contributed by atoms with Gasteiger partial charge in [-0.25, -0.2) is 0 Å². The van der Waals surface area contributed by atoms with E-state index in [9.17, 15) is 4.79 Å². The summed E-state index contributed by atoms with van der Waals surface area (Å²) in [6.45, 7) is 2.30. The van der Waals surface area contributed by atoms with E-state index in [0.717, 1.165) is 6.42 Å². The molecule has 0 aliphatic heterocycles. The first kappa shape index (κ1) is 30.2. The maximum atomic E-state index is 10.6. The zero-order chi connectivity index (χ0) is 22.7. The molecule has 0 saturated carbocycles. The van der Waals surface area contributed by atoms with Gasteiger partial charge in [-0.1, -0.05) is 161 Å². The molecule has 2 nitrogen and oxygen atoms in total. The third-order valence-electron chi connectivity index (χ3n) is 6.51. The Morgan fingerprint density at radius 3 is 1.00 bits per heavy atom. The lowest BCUT2D eigenvalue weighted by atomic mass is 10.0. The minimum absolute atomic E-state index is 0.329. The summed E-state index contributed by atoms with van der Waals surface area (Å²) in [6.07, 6.45) is 38.6. The van der Waals surface area contributed by atoms with Gasteiger partial charge in [0.25, 0.3) is 0 Å². The fraction of sp³-hybridized carbons (Fsp3) is 0.897. The number of carbonyl (C=O) groups excluding carboxylic acids is 1. The SMILES string of the molecule is CCCCCCCCCCCCCCCCCCCCCCCCCCC=CC(N)=O. The van der Waals surface area contributed by atoms with Gasteiger partial charge in [0.2, 0.25) is 5.91 Å². The van der Waals surface area contributed by atoms with Crippen molar-refractivity contribution in [3.63, 3.8) is 0 Å². The highest BCUT2D eigenvalue weighted by atomic mass is 16.1. The van der Waals surface area contributed by atoms with Crippen molar-refractivity contribution in [3.05, 3.63) is 12.2 Å². The third-order valence-corrected chi connectivity index (χ3v) is 6.51. The number of hydrogen-bond donors (Lipinski definition) is 1. The number of amides is 1. The Morgan fingerprint density at radius 1 is 0.484 bits per heavy atom. The Balaban J connectivity index is 3.03. The van der Waals surface area contributed by atoms with E-state index in [2.05, 4.69) is 6.92 Å². The van der Waals surface area contributed by atoms with Crippen LogP contribution in [0.2, 0.25) is 0 Å². The van der Waals surface area contributed by atoms with Crippen LogP contribution in [-0.4, -0.2) is 5.91 Å². The molecule has 0 aliphatic carbocycles. The smallest absolute Gasteiger partial charge is 0.241 e. The fourth-order valence-corrected chi connectivity index (χ4v) is 4.42. The molecule has 0 atom stereocenters. The molecular weight excluding hydrogens is 378 g/mol. The van der Waals surface area contributed by atoms with Crippen molar-refractivity contribution < 1.29 is 4.79 Å². The zero-order valence-electron chi connectivity index (χ0n) is 21.3. The fourth-order valence-electron chi connectivity index (χ4n) is 4.42. The molecule has 2 N–H and O–H groups in total. The molecular formula is C29H57NO. The highest BCUT2D eigenvalue weighted by molar-refractivity contribution is 5.85. The van der Waals surface area contributed by atoms with Crippen LogP contribution in [0.5, 0.6) is 0 Å². The molecule has 1 amide bonds. The molecule has 2 heteroatoms. The van der Waals surface area contributed by atoms with Crippen LogP contribution in [-0.2, 0) is 4.79 Å². The van der Waals surface area contributed by atoms with Gasteiger partial charge in [-0.05, 0) is 18.9 Å². The van der Waals surface area contributed by atoms with Crippen molar-refractivity contribution in [2.45, 2.75) is 167 Å². The largest absolute Gasteiger partial charge is 0.366 e. The van der Waals surface area contributed by atoms with Crippen LogP contribution >= 0.6 is 0 Å². The maximum Gasteiger partial charge on any atom is 0.241 e. The van der Waals surface area contributed by atoms with Gasteiger partial charge in [-0.15, -0.1) is 0 Å². The van der Waals surface area contributed by atoms with Gasteiger partial charge in [-0.2, -0.15) is 0 Å². The van der Waals surface area contributed by atoms with Gasteiger partial charge in [-0.3, -0.25) is 4.79 Å². The molecule has 0 saturated heterocycles. The summed E-state index contributed by atoms with van der Waals surface area (Å²) in [7, 11) is 0. The van der Waals surface area contributed by atoms with Crippen molar-refractivity contribution in [3.8, 4) is 0 Å². The minimum atomic E-state index is -0.329. The molecule has 0 heterocycles. The molecule has 0 aromatic heterocycles. The van der Waals surface area contributed by atoms with Crippen molar-refractivity contribution in [2.75, 3.05) is 0 Å². The van der Waals surface area contributed by atoms with Gasteiger partial charge in [0, 0.05) is 0 Å². The highest BCUT2D eigenvalue weighted by Crippen LogP contribution is 2.15. The molecule has 0 bridgehead atoms. The standard InChI is InChI=1S/C29H57NO/c1-2-3-4-5-6-7-8-9-10-11-12-13-14-15-16-17-18-19-20-21-22-23-24-25-26-27-28-29(30)31/h27-28H,2-26H2,1H3,(H2,30,31). The van der Waals surface area contributed by atoms with Crippen LogP contribution in [0, 0.1) is 0 Å². The first-order valence-corrected chi connectivity index (χ1v) is 14.2. The van der Waals surface area contributed by atoms with E-state index >= 15 is 0 Å². The predicted molar refractivity (Wildman–Crippen MR) is 139 cm³/mol. The lowest BCUT2D eigenvalue weighted by molar-refractivity contribution is -0.113. The average molecular weight is 436 g/mol. The number of hydrogen-bond acceptors (Lipinski definition) is 1. The predicted octanol–water partition coefficient (Wildman–Crippen LogP) is 9.80. The summed E-state index contributed by atoms with van der Waals surface area (Å²) in [5.74, 6) is -0.329. The molecule has 0 aromatic rings. The van der Waals surface area contributed by atoms with E-state index in [-0.39, 0.29) is 5.91 Å². The van der Waals surface area contributed by atoms with Crippen molar-refractivity contribution in [1.82, 2.24) is 0 Å². The summed E-state index contributed by atoms with van der Waals surface area (Å²) in [5.41, 5.74) is 5.07. The van der Waals surface area contributed by atoms with Crippen LogP contribution in [0.1, 0.15) is 167 Å². The monoisotopic (exact) mass is 435 g/mol. The van der Waals surface area contributed by atoms with Gasteiger partial charge < -0.3 is 5.73 Å². The molecule has 0 spiro atoms. The average Bonchev–Trinajstić information content (AvgIpc) is 2.76. The van der Waals surface area contributed by atoms with E-state index in [1.807, 2.05) is 6.08 Å². The number of carbonyl (C=O) groups is 1. The van der Waals surface area contributed by atoms with Crippen LogP contribution in [0.15, 0.2) is 12.2 Å². The second-order valence-corrected chi connectivity index (χ2v) is 9.73. The van der Waals surface area contributed by atoms with Gasteiger partial charge in [0.05, 0.1) is 0 Å². The second kappa shape index (κ2) is 27.2. The van der Waals surface area contributed by atoms with Crippen LogP contribution in [0.4, 0.5) is 0 Å². The van der Waals surface area contributed by atoms with E-state index in [4.69, 9.17) is 5.73 Å². The van der Waals surface area contributed by atoms with Crippen LogP contribution < -0.4 is 5.73 Å². The molecule has 0 radical (unpaired) electrons. The quantitative estimate of drug-likeness (QED) is 0.107. The maximum absolute atomic E-state index is 10.6. The number of rotatable bonds is 26. The van der Waals surface area contributed by atoms with E-state index in [1.54, 1.807) is 0 Å². The van der Waals surface area contributed by atoms with Gasteiger partial charge in [0.1, 0.15) is 0 Å². The summed E-state index contributed by atoms with van der Waals surface area (Å²) in [5, 5.41) is 0. The van der Waals surface area contributed by atoms with Crippen molar-refractivity contribution in [2.24, 2.45) is 5.73 Å². The number of allylic oxidation sites excluding steroid dienone is 1. The summed E-state index contributed by atoms with van der Waals surface area (Å²) in [6, 6.07) is 0. The molecule has 0 unspecified atom stereocenters. The molecule has 0 fully saturated rings. The van der Waals surface area contributed by atoms with E-state index < -0.39 is 0 Å². The number of primary amides is 1. The van der Waals surface area contributed by atoms with Crippen LogP contribution in [0.25, 0.3) is 0 Å². The van der Waals surface area contributed by atoms with Crippen LogP contribution in [0.3, 0.4) is 0 Å². The normalized spacial score (nSPS) is 11.5. The molecule has 0 aromatic carbocycles. The second-order valence-electron chi connectivity index (χ2n) is 9.73. The first-order chi connectivity index (χ1) is 15.3. The molecule has 0 aliphatic rings. The Labute approximate surface area is 196 Å². The summed E-state index contributed by atoms with van der Waals surface area (Å²) in [4.78, 5) is 10.6. The lowest BCUT2D eigenvalue weighted by Crippen LogP contribution is -2.05. The lowest BCUT2D eigenvalue weighted by Gasteiger charge is -2.04. The first-order valence-electron chi connectivity index (χ1n) is 14.2.